The zero-order valence-electron chi connectivity index (χ0n) is 12.7. The molecular formula is C18H23NO3. The molecule has 0 aliphatic heterocycles. The standard InChI is InChI=1S/C18H23NO3/c20-15-9-18(10-16(15)21)14-7-6-13(8-14)17(18)19-22-11-12-4-2-1-3-5-12/h1-5,13-16,20-21H,6-11H2/b19-17+/t13-,14+,15+,16+/m1/s1. The molecule has 0 aromatic heterocycles. The van der Waals surface area contributed by atoms with Crippen LogP contribution in [0.15, 0.2) is 35.5 Å². The van der Waals surface area contributed by atoms with Gasteiger partial charge in [-0.1, -0.05) is 35.5 Å². The van der Waals surface area contributed by atoms with Crippen LogP contribution in [0.4, 0.5) is 0 Å². The Morgan fingerprint density at radius 2 is 1.82 bits per heavy atom. The molecule has 22 heavy (non-hydrogen) atoms. The minimum absolute atomic E-state index is 0.113. The molecule has 3 fully saturated rings. The maximum Gasteiger partial charge on any atom is 0.142 e. The van der Waals surface area contributed by atoms with Crippen LogP contribution in [0.2, 0.25) is 0 Å². The van der Waals surface area contributed by atoms with Crippen LogP contribution in [0.5, 0.6) is 0 Å². The van der Waals surface area contributed by atoms with E-state index in [9.17, 15) is 10.2 Å². The fourth-order valence-corrected chi connectivity index (χ4v) is 4.91. The first-order valence-corrected chi connectivity index (χ1v) is 8.29. The van der Waals surface area contributed by atoms with E-state index in [4.69, 9.17) is 4.84 Å². The SMILES string of the molecule is O[C@H]1CC2(C[C@@H]1O)/C(=N/OCc1ccccc1)[C@@H]1CC[C@H]2C1. The summed E-state index contributed by atoms with van der Waals surface area (Å²) in [5, 5.41) is 24.6. The molecule has 0 heterocycles. The number of aliphatic hydroxyl groups is 2. The van der Waals surface area contributed by atoms with E-state index in [-0.39, 0.29) is 5.41 Å². The van der Waals surface area contributed by atoms with Crippen molar-refractivity contribution in [3.05, 3.63) is 35.9 Å². The monoisotopic (exact) mass is 301 g/mol. The van der Waals surface area contributed by atoms with Gasteiger partial charge in [-0.05, 0) is 43.6 Å². The summed E-state index contributed by atoms with van der Waals surface area (Å²) in [6, 6.07) is 10.0. The number of nitrogens with zero attached hydrogens (tertiary/aromatic N) is 1. The van der Waals surface area contributed by atoms with E-state index >= 15 is 0 Å². The van der Waals surface area contributed by atoms with Crippen LogP contribution in [0, 0.1) is 17.3 Å². The summed E-state index contributed by atoms with van der Waals surface area (Å²) in [7, 11) is 0. The number of benzene rings is 1. The van der Waals surface area contributed by atoms with E-state index in [0.29, 0.717) is 31.3 Å². The van der Waals surface area contributed by atoms with E-state index < -0.39 is 12.2 Å². The lowest BCUT2D eigenvalue weighted by Gasteiger charge is -2.34. The van der Waals surface area contributed by atoms with Crippen LogP contribution in [-0.4, -0.2) is 28.1 Å². The van der Waals surface area contributed by atoms with E-state index in [1.54, 1.807) is 0 Å². The molecule has 1 aromatic rings. The first-order chi connectivity index (χ1) is 10.7. The van der Waals surface area contributed by atoms with Gasteiger partial charge in [0.25, 0.3) is 0 Å². The van der Waals surface area contributed by atoms with Gasteiger partial charge in [-0.15, -0.1) is 0 Å². The summed E-state index contributed by atoms with van der Waals surface area (Å²) < 4.78 is 0. The number of hydrogen-bond acceptors (Lipinski definition) is 4. The van der Waals surface area contributed by atoms with Crippen molar-refractivity contribution in [1.82, 2.24) is 0 Å². The van der Waals surface area contributed by atoms with E-state index in [2.05, 4.69) is 5.16 Å². The second kappa shape index (κ2) is 5.36. The Morgan fingerprint density at radius 3 is 2.55 bits per heavy atom. The number of rotatable bonds is 3. The predicted octanol–water partition coefficient (Wildman–Crippen LogP) is 2.49. The molecule has 3 aliphatic carbocycles. The summed E-state index contributed by atoms with van der Waals surface area (Å²) in [5.41, 5.74) is 2.10. The van der Waals surface area contributed by atoms with Gasteiger partial charge in [-0.25, -0.2) is 0 Å². The molecule has 0 amide bonds. The molecule has 0 radical (unpaired) electrons. The molecule has 1 spiro atoms. The molecule has 4 nitrogen and oxygen atoms in total. The van der Waals surface area contributed by atoms with Crippen molar-refractivity contribution in [2.75, 3.05) is 0 Å². The second-order valence-electron chi connectivity index (χ2n) is 7.14. The molecule has 118 valence electrons. The minimum atomic E-state index is -0.612. The summed E-state index contributed by atoms with van der Waals surface area (Å²) in [6.07, 6.45) is 3.57. The third-order valence-electron chi connectivity index (χ3n) is 5.94. The lowest BCUT2D eigenvalue weighted by molar-refractivity contribution is 0.0438. The largest absolute Gasteiger partial charge is 0.391 e. The van der Waals surface area contributed by atoms with Crippen molar-refractivity contribution >= 4 is 5.71 Å². The van der Waals surface area contributed by atoms with Gasteiger partial charge in [0.1, 0.15) is 6.61 Å². The molecule has 1 aromatic carbocycles. The third-order valence-corrected chi connectivity index (χ3v) is 5.94. The smallest absolute Gasteiger partial charge is 0.142 e. The minimum Gasteiger partial charge on any atom is -0.391 e. The quantitative estimate of drug-likeness (QED) is 0.843. The molecular weight excluding hydrogens is 278 g/mol. The number of aliphatic hydroxyl groups excluding tert-OH is 2. The first-order valence-electron chi connectivity index (χ1n) is 8.29. The second-order valence-corrected chi connectivity index (χ2v) is 7.14. The Kier molecular flexibility index (Phi) is 3.46. The third kappa shape index (κ3) is 2.17. The Hall–Kier alpha value is -1.39. The normalized spacial score (nSPS) is 37.3. The number of hydrogen-bond donors (Lipinski definition) is 2. The number of fused-ring (bicyclic) bond motifs is 3. The molecule has 4 atom stereocenters. The Morgan fingerprint density at radius 1 is 1.09 bits per heavy atom. The molecule has 3 aliphatic rings. The zero-order valence-corrected chi connectivity index (χ0v) is 12.7. The molecule has 2 bridgehead atoms. The van der Waals surface area contributed by atoms with Gasteiger partial charge in [0.2, 0.25) is 0 Å². The highest BCUT2D eigenvalue weighted by molar-refractivity contribution is 5.95. The van der Waals surface area contributed by atoms with Crippen molar-refractivity contribution in [3.8, 4) is 0 Å². The van der Waals surface area contributed by atoms with Crippen molar-refractivity contribution < 1.29 is 15.1 Å². The van der Waals surface area contributed by atoms with Crippen LogP contribution in [0.25, 0.3) is 0 Å². The van der Waals surface area contributed by atoms with Gasteiger partial charge >= 0.3 is 0 Å². The lowest BCUT2D eigenvalue weighted by atomic mass is 9.70. The Bertz CT molecular complexity index is 561. The molecule has 0 unspecified atom stereocenters. The summed E-state index contributed by atoms with van der Waals surface area (Å²) in [5.74, 6) is 1.04. The predicted molar refractivity (Wildman–Crippen MR) is 83.2 cm³/mol. The maximum atomic E-state index is 10.0. The van der Waals surface area contributed by atoms with Crippen LogP contribution in [-0.2, 0) is 11.4 Å². The van der Waals surface area contributed by atoms with Crippen LogP contribution < -0.4 is 0 Å². The number of oxime groups is 1. The first kappa shape index (κ1) is 14.2. The average molecular weight is 301 g/mol. The van der Waals surface area contributed by atoms with Crippen molar-refractivity contribution in [2.45, 2.75) is 50.9 Å². The van der Waals surface area contributed by atoms with Crippen LogP contribution >= 0.6 is 0 Å². The highest BCUT2D eigenvalue weighted by Crippen LogP contribution is 2.61. The van der Waals surface area contributed by atoms with Gasteiger partial charge < -0.3 is 15.1 Å². The zero-order chi connectivity index (χ0) is 15.2. The summed E-state index contributed by atoms with van der Waals surface area (Å²) >= 11 is 0. The molecule has 3 saturated carbocycles. The Balaban J connectivity index is 1.53. The molecule has 4 rings (SSSR count). The average Bonchev–Trinajstić information content (AvgIpc) is 3.17. The maximum absolute atomic E-state index is 10.0. The molecule has 4 heteroatoms. The van der Waals surface area contributed by atoms with Crippen LogP contribution in [0.1, 0.15) is 37.7 Å². The highest BCUT2D eigenvalue weighted by Gasteiger charge is 2.61. The Labute approximate surface area is 130 Å². The van der Waals surface area contributed by atoms with Gasteiger partial charge in [0.05, 0.1) is 17.9 Å². The molecule has 2 N–H and O–H groups in total. The summed E-state index contributed by atoms with van der Waals surface area (Å²) in [6.45, 7) is 0.475. The van der Waals surface area contributed by atoms with E-state index in [0.717, 1.165) is 17.7 Å². The van der Waals surface area contributed by atoms with Crippen molar-refractivity contribution in [2.24, 2.45) is 22.4 Å². The van der Waals surface area contributed by atoms with Crippen molar-refractivity contribution in [3.63, 3.8) is 0 Å². The molecule has 0 saturated heterocycles. The topological polar surface area (TPSA) is 62.0 Å². The summed E-state index contributed by atoms with van der Waals surface area (Å²) in [4.78, 5) is 5.64. The van der Waals surface area contributed by atoms with E-state index in [1.807, 2.05) is 30.3 Å². The van der Waals surface area contributed by atoms with Gasteiger partial charge in [0, 0.05) is 11.3 Å². The fourth-order valence-electron chi connectivity index (χ4n) is 4.91. The van der Waals surface area contributed by atoms with Crippen LogP contribution in [0.3, 0.4) is 0 Å². The van der Waals surface area contributed by atoms with E-state index in [1.165, 1.54) is 12.8 Å². The fraction of sp³-hybridized carbons (Fsp3) is 0.611. The highest BCUT2D eigenvalue weighted by atomic mass is 16.6. The van der Waals surface area contributed by atoms with Gasteiger partial charge in [0.15, 0.2) is 0 Å². The van der Waals surface area contributed by atoms with Crippen molar-refractivity contribution in [1.29, 1.82) is 0 Å². The van der Waals surface area contributed by atoms with Gasteiger partial charge in [-0.3, -0.25) is 0 Å². The van der Waals surface area contributed by atoms with Gasteiger partial charge in [-0.2, -0.15) is 0 Å². The lowest BCUT2D eigenvalue weighted by Crippen LogP contribution is -2.35.